The molecule has 2 heterocycles. The molecule has 0 unspecified atom stereocenters. The number of carboxylic acid groups (broad SMARTS) is 1. The standard InChI is InChI=1S/C38H45N5O6/c1-38(2,3)49-27-17-15-25(16-18-27)21-32(37(47)48)42-35(45)33-14-9-19-43(33)36(46)31(20-24-10-5-4-6-11-24)41-34(44)29(39)22-26-23-40-30-13-8-7-12-28(26)30/h4-8,10-13,15-18,23,29,31-33,40H,9,14,19-22,39H2,1-3H3,(H,41,44)(H,42,45)(H,47,48)/t29-,31+,32+,33-/m1/s1. The minimum Gasteiger partial charge on any atom is -0.488 e. The number of para-hydroxylation sites is 1. The number of ether oxygens (including phenoxy) is 1. The summed E-state index contributed by atoms with van der Waals surface area (Å²) < 4.78 is 5.85. The van der Waals surface area contributed by atoms with Gasteiger partial charge in [0.05, 0.1) is 6.04 Å². The summed E-state index contributed by atoms with van der Waals surface area (Å²) in [6.45, 7) is 6.11. The van der Waals surface area contributed by atoms with Crippen molar-refractivity contribution in [2.75, 3.05) is 6.54 Å². The average Bonchev–Trinajstić information content (AvgIpc) is 3.72. The Morgan fingerprint density at radius 3 is 2.24 bits per heavy atom. The number of nitrogens with zero attached hydrogens (tertiary/aromatic N) is 1. The van der Waals surface area contributed by atoms with E-state index in [2.05, 4.69) is 15.6 Å². The van der Waals surface area contributed by atoms with E-state index >= 15 is 0 Å². The number of nitrogens with two attached hydrogens (primary N) is 1. The highest BCUT2D eigenvalue weighted by atomic mass is 16.5. The van der Waals surface area contributed by atoms with Gasteiger partial charge in [0, 0.05) is 36.5 Å². The smallest absolute Gasteiger partial charge is 0.326 e. The first-order valence-electron chi connectivity index (χ1n) is 16.6. The maximum absolute atomic E-state index is 14.1. The third-order valence-corrected chi connectivity index (χ3v) is 8.59. The molecule has 4 atom stereocenters. The topological polar surface area (TPSA) is 167 Å². The Bertz CT molecular complexity index is 1760. The zero-order valence-electron chi connectivity index (χ0n) is 28.1. The molecular formula is C38H45N5O6. The summed E-state index contributed by atoms with van der Waals surface area (Å²) in [5.41, 5.74) is 9.37. The number of rotatable bonds is 13. The van der Waals surface area contributed by atoms with E-state index in [1.807, 2.05) is 81.6 Å². The second kappa shape index (κ2) is 15.4. The molecule has 3 amide bonds. The van der Waals surface area contributed by atoms with E-state index < -0.39 is 47.9 Å². The van der Waals surface area contributed by atoms with Crippen LogP contribution in [0, 0.1) is 0 Å². The van der Waals surface area contributed by atoms with Gasteiger partial charge < -0.3 is 36.1 Å². The summed E-state index contributed by atoms with van der Waals surface area (Å²) in [6, 6.07) is 20.1. The number of amides is 3. The highest BCUT2D eigenvalue weighted by Gasteiger charge is 2.39. The molecule has 0 aliphatic carbocycles. The molecule has 6 N–H and O–H groups in total. The Morgan fingerprint density at radius 2 is 1.55 bits per heavy atom. The van der Waals surface area contributed by atoms with Crippen molar-refractivity contribution in [3.8, 4) is 5.75 Å². The van der Waals surface area contributed by atoms with Crippen LogP contribution in [0.1, 0.15) is 50.3 Å². The van der Waals surface area contributed by atoms with Crippen LogP contribution in [0.3, 0.4) is 0 Å². The Kier molecular flexibility index (Phi) is 11.0. The molecule has 49 heavy (non-hydrogen) atoms. The number of nitrogens with one attached hydrogen (secondary N) is 3. The number of hydrogen-bond acceptors (Lipinski definition) is 6. The van der Waals surface area contributed by atoms with Crippen LogP contribution in [0.2, 0.25) is 0 Å². The summed E-state index contributed by atoms with van der Waals surface area (Å²) in [6.07, 6.45) is 3.28. The number of carbonyl (C=O) groups is 4. The molecular weight excluding hydrogens is 622 g/mol. The molecule has 1 fully saturated rings. The van der Waals surface area contributed by atoms with Crippen molar-refractivity contribution < 1.29 is 29.0 Å². The lowest BCUT2D eigenvalue weighted by Crippen LogP contribution is -2.57. The molecule has 4 aromatic rings. The SMILES string of the molecule is CC(C)(C)Oc1ccc(C[C@H](NC(=O)[C@H]2CCCN2C(=O)[C@H](Cc2ccccc2)NC(=O)[C@H](N)Cc2c[nH]c3ccccc23)C(=O)O)cc1. The van der Waals surface area contributed by atoms with Gasteiger partial charge in [0.1, 0.15) is 29.5 Å². The number of aliphatic carboxylic acids is 1. The van der Waals surface area contributed by atoms with Gasteiger partial charge in [0.2, 0.25) is 17.7 Å². The lowest BCUT2D eigenvalue weighted by Gasteiger charge is -2.30. The molecule has 0 radical (unpaired) electrons. The molecule has 1 aromatic heterocycles. The van der Waals surface area contributed by atoms with Crippen molar-refractivity contribution in [3.63, 3.8) is 0 Å². The quantitative estimate of drug-likeness (QED) is 0.145. The Morgan fingerprint density at radius 1 is 0.898 bits per heavy atom. The summed E-state index contributed by atoms with van der Waals surface area (Å²) in [5.74, 6) is -1.98. The van der Waals surface area contributed by atoms with Crippen LogP contribution in [0.25, 0.3) is 10.9 Å². The predicted octanol–water partition coefficient (Wildman–Crippen LogP) is 3.75. The number of fused-ring (bicyclic) bond motifs is 1. The zero-order valence-corrected chi connectivity index (χ0v) is 28.1. The number of H-pyrrole nitrogens is 1. The maximum atomic E-state index is 14.1. The minimum atomic E-state index is -1.21. The molecule has 3 aromatic carbocycles. The molecule has 0 bridgehead atoms. The van der Waals surface area contributed by atoms with E-state index in [1.54, 1.807) is 24.3 Å². The molecule has 5 rings (SSSR count). The molecule has 0 spiro atoms. The van der Waals surface area contributed by atoms with Crippen molar-refractivity contribution in [1.82, 2.24) is 20.5 Å². The molecule has 1 saturated heterocycles. The monoisotopic (exact) mass is 667 g/mol. The lowest BCUT2D eigenvalue weighted by molar-refractivity contribution is -0.144. The second-order valence-electron chi connectivity index (χ2n) is 13.6. The van der Waals surface area contributed by atoms with Crippen LogP contribution >= 0.6 is 0 Å². The van der Waals surface area contributed by atoms with E-state index in [-0.39, 0.29) is 24.9 Å². The van der Waals surface area contributed by atoms with Crippen molar-refractivity contribution in [2.45, 2.75) is 82.6 Å². The number of likely N-dealkylation sites (tertiary alicyclic amines) is 1. The van der Waals surface area contributed by atoms with Crippen LogP contribution in [0.5, 0.6) is 5.75 Å². The van der Waals surface area contributed by atoms with Crippen molar-refractivity contribution in [2.24, 2.45) is 5.73 Å². The first-order chi connectivity index (χ1) is 23.4. The Balaban J connectivity index is 1.27. The predicted molar refractivity (Wildman–Crippen MR) is 187 cm³/mol. The van der Waals surface area contributed by atoms with Gasteiger partial charge in [-0.05, 0) is 74.9 Å². The fourth-order valence-electron chi connectivity index (χ4n) is 6.21. The maximum Gasteiger partial charge on any atom is 0.326 e. The summed E-state index contributed by atoms with van der Waals surface area (Å²) >= 11 is 0. The van der Waals surface area contributed by atoms with Gasteiger partial charge in [0.15, 0.2) is 0 Å². The van der Waals surface area contributed by atoms with Crippen molar-refractivity contribution >= 4 is 34.6 Å². The van der Waals surface area contributed by atoms with Gasteiger partial charge in [-0.25, -0.2) is 4.79 Å². The molecule has 11 heteroatoms. The van der Waals surface area contributed by atoms with Crippen molar-refractivity contribution in [1.29, 1.82) is 0 Å². The fourth-order valence-corrected chi connectivity index (χ4v) is 6.21. The fraction of sp³-hybridized carbons (Fsp3) is 0.368. The summed E-state index contributed by atoms with van der Waals surface area (Å²) in [5, 5.41) is 16.5. The molecule has 1 aliphatic rings. The highest BCUT2D eigenvalue weighted by molar-refractivity contribution is 5.95. The van der Waals surface area contributed by atoms with Crippen LogP contribution in [-0.2, 0) is 38.4 Å². The van der Waals surface area contributed by atoms with Gasteiger partial charge in [-0.2, -0.15) is 0 Å². The Labute approximate surface area is 286 Å². The average molecular weight is 668 g/mol. The molecule has 11 nitrogen and oxygen atoms in total. The van der Waals surface area contributed by atoms with Crippen LogP contribution in [0.4, 0.5) is 0 Å². The normalized spacial score (nSPS) is 16.5. The lowest BCUT2D eigenvalue weighted by atomic mass is 10.0. The number of hydrogen-bond donors (Lipinski definition) is 5. The van der Waals surface area contributed by atoms with Gasteiger partial charge >= 0.3 is 5.97 Å². The van der Waals surface area contributed by atoms with Gasteiger partial charge in [-0.15, -0.1) is 0 Å². The van der Waals surface area contributed by atoms with Gasteiger partial charge in [-0.3, -0.25) is 14.4 Å². The number of carboxylic acids is 1. The minimum absolute atomic E-state index is 0.0541. The third kappa shape index (κ3) is 9.26. The first-order valence-corrected chi connectivity index (χ1v) is 16.6. The zero-order chi connectivity index (χ0) is 35.1. The molecule has 1 aliphatic heterocycles. The number of carbonyl (C=O) groups excluding carboxylic acids is 3. The van der Waals surface area contributed by atoms with E-state index in [1.165, 1.54) is 4.90 Å². The van der Waals surface area contributed by atoms with Crippen LogP contribution in [0.15, 0.2) is 85.1 Å². The molecule has 0 saturated carbocycles. The Hall–Kier alpha value is -5.16. The van der Waals surface area contributed by atoms with E-state index in [0.29, 0.717) is 30.7 Å². The van der Waals surface area contributed by atoms with Crippen molar-refractivity contribution in [3.05, 3.63) is 102 Å². The number of aromatic amines is 1. The van der Waals surface area contributed by atoms with Crippen LogP contribution in [-0.4, -0.2) is 75.0 Å². The second-order valence-corrected chi connectivity index (χ2v) is 13.6. The number of aromatic nitrogens is 1. The van der Waals surface area contributed by atoms with E-state index in [9.17, 15) is 24.3 Å². The summed E-state index contributed by atoms with van der Waals surface area (Å²) in [4.78, 5) is 58.0. The highest BCUT2D eigenvalue weighted by Crippen LogP contribution is 2.23. The van der Waals surface area contributed by atoms with E-state index in [0.717, 1.165) is 22.0 Å². The van der Waals surface area contributed by atoms with Crippen LogP contribution < -0.4 is 21.1 Å². The third-order valence-electron chi connectivity index (χ3n) is 8.59. The van der Waals surface area contributed by atoms with Gasteiger partial charge in [-0.1, -0.05) is 60.7 Å². The number of benzene rings is 3. The first kappa shape index (κ1) is 35.2. The van der Waals surface area contributed by atoms with E-state index in [4.69, 9.17) is 10.5 Å². The largest absolute Gasteiger partial charge is 0.488 e. The van der Waals surface area contributed by atoms with Gasteiger partial charge in [0.25, 0.3) is 0 Å². The molecule has 258 valence electrons. The summed E-state index contributed by atoms with van der Waals surface area (Å²) in [7, 11) is 0.